The Kier molecular flexibility index (Phi) is 5.69. The predicted molar refractivity (Wildman–Crippen MR) is 87.0 cm³/mol. The molecular weight excluding hydrogens is 278 g/mol. The molecule has 0 bridgehead atoms. The Morgan fingerprint density at radius 2 is 1.91 bits per heavy atom. The first-order chi connectivity index (χ1) is 10.6. The average Bonchev–Trinajstić information content (AvgIpc) is 2.84. The van der Waals surface area contributed by atoms with E-state index >= 15 is 0 Å². The standard InChI is InChI=1S/C17H23N3O2/c1-3-4-5-6-7-15-13-17(19(2)18-15)12-14-8-10-16(11-9-14)20(21)22/h8-11,13H,3-7,12H2,1-2H3. The van der Waals surface area contributed by atoms with Crippen LogP contribution in [0.25, 0.3) is 0 Å². The molecule has 0 N–H and O–H groups in total. The van der Waals surface area contributed by atoms with Gasteiger partial charge in [-0.3, -0.25) is 14.8 Å². The third-order valence-electron chi connectivity index (χ3n) is 3.85. The molecule has 0 radical (unpaired) electrons. The van der Waals surface area contributed by atoms with Crippen LogP contribution in [0.2, 0.25) is 0 Å². The summed E-state index contributed by atoms with van der Waals surface area (Å²) in [5.41, 5.74) is 3.46. The van der Waals surface area contributed by atoms with Crippen LogP contribution in [0.1, 0.15) is 49.6 Å². The molecule has 118 valence electrons. The maximum atomic E-state index is 10.7. The van der Waals surface area contributed by atoms with Crippen molar-refractivity contribution in [3.05, 3.63) is 57.4 Å². The van der Waals surface area contributed by atoms with E-state index in [0.717, 1.165) is 29.8 Å². The summed E-state index contributed by atoms with van der Waals surface area (Å²) in [6.07, 6.45) is 6.73. The van der Waals surface area contributed by atoms with Crippen molar-refractivity contribution in [1.82, 2.24) is 9.78 Å². The zero-order valence-corrected chi connectivity index (χ0v) is 13.3. The Morgan fingerprint density at radius 1 is 1.18 bits per heavy atom. The molecule has 0 aliphatic carbocycles. The molecule has 2 aromatic rings. The van der Waals surface area contributed by atoms with Crippen molar-refractivity contribution in [1.29, 1.82) is 0 Å². The molecule has 5 nitrogen and oxygen atoms in total. The number of nitrogens with zero attached hydrogens (tertiary/aromatic N) is 3. The quantitative estimate of drug-likeness (QED) is 0.420. The number of aryl methyl sites for hydroxylation is 2. The van der Waals surface area contributed by atoms with Gasteiger partial charge in [0, 0.05) is 31.3 Å². The van der Waals surface area contributed by atoms with Crippen LogP contribution in [-0.4, -0.2) is 14.7 Å². The summed E-state index contributed by atoms with van der Waals surface area (Å²) in [6, 6.07) is 8.88. The van der Waals surface area contributed by atoms with Crippen molar-refractivity contribution in [2.24, 2.45) is 7.05 Å². The molecule has 0 saturated heterocycles. The van der Waals surface area contributed by atoms with Crippen LogP contribution in [0, 0.1) is 10.1 Å². The Bertz CT molecular complexity index is 617. The van der Waals surface area contributed by atoms with Crippen LogP contribution in [0.4, 0.5) is 5.69 Å². The van der Waals surface area contributed by atoms with Gasteiger partial charge in [-0.25, -0.2) is 0 Å². The highest BCUT2D eigenvalue weighted by atomic mass is 16.6. The minimum atomic E-state index is -0.373. The summed E-state index contributed by atoms with van der Waals surface area (Å²) in [4.78, 5) is 10.3. The van der Waals surface area contributed by atoms with Crippen molar-refractivity contribution in [3.8, 4) is 0 Å². The molecule has 5 heteroatoms. The molecule has 0 aliphatic rings. The molecule has 1 aromatic carbocycles. The van der Waals surface area contributed by atoms with E-state index in [0.29, 0.717) is 0 Å². The van der Waals surface area contributed by atoms with E-state index in [1.165, 1.54) is 25.7 Å². The number of hydrogen-bond acceptors (Lipinski definition) is 3. The third kappa shape index (κ3) is 4.41. The maximum absolute atomic E-state index is 10.7. The Balaban J connectivity index is 1.97. The number of rotatable bonds is 8. The first-order valence-corrected chi connectivity index (χ1v) is 7.85. The van der Waals surface area contributed by atoms with E-state index in [1.807, 2.05) is 23.9 Å². The van der Waals surface area contributed by atoms with Gasteiger partial charge in [0.25, 0.3) is 5.69 Å². The fraction of sp³-hybridized carbons (Fsp3) is 0.471. The SMILES string of the molecule is CCCCCCc1cc(Cc2ccc([N+](=O)[O-])cc2)n(C)n1. The molecule has 22 heavy (non-hydrogen) atoms. The molecule has 0 fully saturated rings. The average molecular weight is 301 g/mol. The zero-order valence-electron chi connectivity index (χ0n) is 13.3. The number of unbranched alkanes of at least 4 members (excludes halogenated alkanes) is 3. The molecule has 1 heterocycles. The van der Waals surface area contributed by atoms with E-state index in [9.17, 15) is 10.1 Å². The van der Waals surface area contributed by atoms with Crippen LogP contribution < -0.4 is 0 Å². The Labute approximate surface area is 131 Å². The Hall–Kier alpha value is -2.17. The van der Waals surface area contributed by atoms with Gasteiger partial charge in [0.05, 0.1) is 10.6 Å². The van der Waals surface area contributed by atoms with Crippen LogP contribution in [0.5, 0.6) is 0 Å². The first kappa shape index (κ1) is 16.2. The van der Waals surface area contributed by atoms with Gasteiger partial charge >= 0.3 is 0 Å². The predicted octanol–water partition coefficient (Wildman–Crippen LogP) is 4.04. The van der Waals surface area contributed by atoms with Gasteiger partial charge in [-0.15, -0.1) is 0 Å². The fourth-order valence-corrected chi connectivity index (χ4v) is 2.54. The number of benzene rings is 1. The van der Waals surface area contributed by atoms with Gasteiger partial charge in [-0.1, -0.05) is 38.3 Å². The van der Waals surface area contributed by atoms with Crippen molar-refractivity contribution in [2.45, 2.75) is 45.4 Å². The van der Waals surface area contributed by atoms with Crippen molar-refractivity contribution >= 4 is 5.69 Å². The lowest BCUT2D eigenvalue weighted by Gasteiger charge is -2.01. The number of nitro benzene ring substituents is 1. The maximum Gasteiger partial charge on any atom is 0.269 e. The van der Waals surface area contributed by atoms with Crippen molar-refractivity contribution in [2.75, 3.05) is 0 Å². The van der Waals surface area contributed by atoms with E-state index in [2.05, 4.69) is 18.1 Å². The summed E-state index contributed by atoms with van der Waals surface area (Å²) < 4.78 is 1.91. The highest BCUT2D eigenvalue weighted by Gasteiger charge is 2.08. The molecule has 0 saturated carbocycles. The number of non-ortho nitro benzene ring substituents is 1. The fourth-order valence-electron chi connectivity index (χ4n) is 2.54. The van der Waals surface area contributed by atoms with Crippen LogP contribution >= 0.6 is 0 Å². The number of aromatic nitrogens is 2. The van der Waals surface area contributed by atoms with Gasteiger partial charge in [0.2, 0.25) is 0 Å². The lowest BCUT2D eigenvalue weighted by atomic mass is 10.1. The highest BCUT2D eigenvalue weighted by Crippen LogP contribution is 2.16. The van der Waals surface area contributed by atoms with Gasteiger partial charge < -0.3 is 0 Å². The summed E-state index contributed by atoms with van der Waals surface area (Å²) in [6.45, 7) is 2.21. The topological polar surface area (TPSA) is 61.0 Å². The van der Waals surface area contributed by atoms with E-state index < -0.39 is 0 Å². The second-order valence-corrected chi connectivity index (χ2v) is 5.66. The second kappa shape index (κ2) is 7.73. The molecule has 0 atom stereocenters. The molecule has 0 spiro atoms. The first-order valence-electron chi connectivity index (χ1n) is 7.85. The molecule has 1 aromatic heterocycles. The lowest BCUT2D eigenvalue weighted by Crippen LogP contribution is -1.99. The van der Waals surface area contributed by atoms with Crippen molar-refractivity contribution in [3.63, 3.8) is 0 Å². The van der Waals surface area contributed by atoms with Crippen LogP contribution in [0.15, 0.2) is 30.3 Å². The molecule has 0 unspecified atom stereocenters. The van der Waals surface area contributed by atoms with Gasteiger partial charge in [0.15, 0.2) is 0 Å². The lowest BCUT2D eigenvalue weighted by molar-refractivity contribution is -0.384. The van der Waals surface area contributed by atoms with Crippen molar-refractivity contribution < 1.29 is 4.92 Å². The molecular formula is C17H23N3O2. The van der Waals surface area contributed by atoms with Crippen LogP contribution in [-0.2, 0) is 19.9 Å². The highest BCUT2D eigenvalue weighted by molar-refractivity contribution is 5.34. The van der Waals surface area contributed by atoms with Gasteiger partial charge in [0.1, 0.15) is 0 Å². The van der Waals surface area contributed by atoms with E-state index in [4.69, 9.17) is 0 Å². The number of hydrogen-bond donors (Lipinski definition) is 0. The summed E-state index contributed by atoms with van der Waals surface area (Å²) >= 11 is 0. The van der Waals surface area contributed by atoms with Gasteiger partial charge in [-0.2, -0.15) is 5.10 Å². The van der Waals surface area contributed by atoms with Crippen LogP contribution in [0.3, 0.4) is 0 Å². The van der Waals surface area contributed by atoms with E-state index in [1.54, 1.807) is 12.1 Å². The smallest absolute Gasteiger partial charge is 0.269 e. The van der Waals surface area contributed by atoms with E-state index in [-0.39, 0.29) is 10.6 Å². The number of nitro groups is 1. The normalized spacial score (nSPS) is 10.8. The summed E-state index contributed by atoms with van der Waals surface area (Å²) in [7, 11) is 1.95. The minimum Gasteiger partial charge on any atom is -0.272 e. The van der Waals surface area contributed by atoms with Gasteiger partial charge in [-0.05, 0) is 24.5 Å². The summed E-state index contributed by atoms with van der Waals surface area (Å²) in [5, 5.41) is 15.2. The molecule has 0 amide bonds. The largest absolute Gasteiger partial charge is 0.272 e. The minimum absolute atomic E-state index is 0.130. The third-order valence-corrected chi connectivity index (χ3v) is 3.85. The molecule has 2 rings (SSSR count). The molecule has 0 aliphatic heterocycles. The summed E-state index contributed by atoms with van der Waals surface area (Å²) in [5.74, 6) is 0. The Morgan fingerprint density at radius 3 is 2.55 bits per heavy atom. The zero-order chi connectivity index (χ0) is 15.9. The second-order valence-electron chi connectivity index (χ2n) is 5.66. The monoisotopic (exact) mass is 301 g/mol.